The first kappa shape index (κ1) is 15.4. The summed E-state index contributed by atoms with van der Waals surface area (Å²) < 4.78 is 0. The molecule has 24 heavy (non-hydrogen) atoms. The van der Waals surface area contributed by atoms with Gasteiger partial charge in [-0.1, -0.05) is 24.3 Å². The molecule has 0 radical (unpaired) electrons. The maximum absolute atomic E-state index is 9.82. The Morgan fingerprint density at radius 2 is 0.958 bits per heavy atom. The number of rotatable bonds is 4. The fourth-order valence-electron chi connectivity index (χ4n) is 2.30. The number of hydrogen-bond donors (Lipinski definition) is 6. The monoisotopic (exact) mass is 322 g/mol. The van der Waals surface area contributed by atoms with E-state index in [9.17, 15) is 10.2 Å². The van der Waals surface area contributed by atoms with Gasteiger partial charge in [0.05, 0.1) is 34.1 Å². The zero-order valence-electron chi connectivity index (χ0n) is 12.8. The van der Waals surface area contributed by atoms with Crippen LogP contribution in [0.15, 0.2) is 60.7 Å². The maximum Gasteiger partial charge on any atom is 0.159 e. The Morgan fingerprint density at radius 3 is 1.33 bits per heavy atom. The molecule has 0 atom stereocenters. The highest BCUT2D eigenvalue weighted by molar-refractivity contribution is 5.86. The van der Waals surface area contributed by atoms with Crippen molar-refractivity contribution in [2.45, 2.75) is 0 Å². The SMILES string of the molecule is Nc1ccccc1Nc1cc(O)c(O)cc1Nc1ccccc1N. The first-order chi connectivity index (χ1) is 11.5. The van der Waals surface area contributed by atoms with Gasteiger partial charge in [0.2, 0.25) is 0 Å². The van der Waals surface area contributed by atoms with Crippen LogP contribution in [0.25, 0.3) is 0 Å². The molecular formula is C18H18N4O2. The lowest BCUT2D eigenvalue weighted by atomic mass is 10.2. The van der Waals surface area contributed by atoms with Crippen molar-refractivity contribution in [1.29, 1.82) is 0 Å². The van der Waals surface area contributed by atoms with E-state index in [1.807, 2.05) is 36.4 Å². The van der Waals surface area contributed by atoms with E-state index < -0.39 is 0 Å². The number of aromatic hydroxyl groups is 2. The molecule has 3 rings (SSSR count). The second-order valence-electron chi connectivity index (χ2n) is 5.31. The molecule has 0 amide bonds. The average molecular weight is 322 g/mol. The predicted octanol–water partition coefficient (Wildman–Crippen LogP) is 3.75. The summed E-state index contributed by atoms with van der Waals surface area (Å²) in [5, 5.41) is 25.9. The van der Waals surface area contributed by atoms with Crippen LogP contribution < -0.4 is 22.1 Å². The Balaban J connectivity index is 2.01. The lowest BCUT2D eigenvalue weighted by Crippen LogP contribution is -2.01. The van der Waals surface area contributed by atoms with Gasteiger partial charge in [-0.3, -0.25) is 0 Å². The quantitative estimate of drug-likeness (QED) is 0.247. The van der Waals surface area contributed by atoms with Crippen molar-refractivity contribution in [3.05, 3.63) is 60.7 Å². The molecule has 0 heterocycles. The van der Waals surface area contributed by atoms with Gasteiger partial charge in [0.25, 0.3) is 0 Å². The number of hydrogen-bond acceptors (Lipinski definition) is 6. The van der Waals surface area contributed by atoms with Gasteiger partial charge in [0.1, 0.15) is 0 Å². The van der Waals surface area contributed by atoms with E-state index in [1.165, 1.54) is 12.1 Å². The van der Waals surface area contributed by atoms with Gasteiger partial charge in [0, 0.05) is 12.1 Å². The minimum absolute atomic E-state index is 0.237. The van der Waals surface area contributed by atoms with E-state index in [1.54, 1.807) is 12.1 Å². The van der Waals surface area contributed by atoms with Crippen LogP contribution in [0.4, 0.5) is 34.1 Å². The fourth-order valence-corrected chi connectivity index (χ4v) is 2.30. The van der Waals surface area contributed by atoms with Gasteiger partial charge in [-0.15, -0.1) is 0 Å². The lowest BCUT2D eigenvalue weighted by Gasteiger charge is -2.17. The molecule has 0 spiro atoms. The van der Waals surface area contributed by atoms with Crippen molar-refractivity contribution in [2.75, 3.05) is 22.1 Å². The second-order valence-corrected chi connectivity index (χ2v) is 5.31. The topological polar surface area (TPSA) is 117 Å². The molecule has 6 heteroatoms. The average Bonchev–Trinajstić information content (AvgIpc) is 2.56. The summed E-state index contributed by atoms with van der Waals surface area (Å²) in [5.74, 6) is -0.475. The Kier molecular flexibility index (Phi) is 4.03. The molecule has 0 bridgehead atoms. The summed E-state index contributed by atoms with van der Waals surface area (Å²) in [4.78, 5) is 0. The molecule has 3 aromatic rings. The van der Waals surface area contributed by atoms with Crippen LogP contribution in [0.3, 0.4) is 0 Å². The highest BCUT2D eigenvalue weighted by atomic mass is 16.3. The van der Waals surface area contributed by atoms with E-state index >= 15 is 0 Å². The summed E-state index contributed by atoms with van der Waals surface area (Å²) in [6, 6.07) is 17.4. The van der Waals surface area contributed by atoms with Crippen molar-refractivity contribution >= 4 is 34.1 Å². The Bertz CT molecular complexity index is 808. The summed E-state index contributed by atoms with van der Waals surface area (Å²) in [6.07, 6.45) is 0. The van der Waals surface area contributed by atoms with Gasteiger partial charge in [-0.2, -0.15) is 0 Å². The van der Waals surface area contributed by atoms with Crippen LogP contribution in [0.1, 0.15) is 0 Å². The molecule has 6 nitrogen and oxygen atoms in total. The third-order valence-corrected chi connectivity index (χ3v) is 3.57. The van der Waals surface area contributed by atoms with Gasteiger partial charge in [-0.05, 0) is 24.3 Å². The zero-order chi connectivity index (χ0) is 17.1. The van der Waals surface area contributed by atoms with Crippen LogP contribution in [-0.4, -0.2) is 10.2 Å². The Hall–Kier alpha value is -3.54. The Labute approximate surface area is 139 Å². The minimum atomic E-state index is -0.237. The van der Waals surface area contributed by atoms with Gasteiger partial charge >= 0.3 is 0 Å². The summed E-state index contributed by atoms with van der Waals surface area (Å²) in [5.41, 5.74) is 15.5. The fraction of sp³-hybridized carbons (Fsp3) is 0. The third-order valence-electron chi connectivity index (χ3n) is 3.57. The number of anilines is 6. The lowest BCUT2D eigenvalue weighted by molar-refractivity contribution is 0.404. The molecule has 0 fully saturated rings. The first-order valence-corrected chi connectivity index (χ1v) is 7.33. The second kappa shape index (κ2) is 6.29. The number of para-hydroxylation sites is 4. The molecular weight excluding hydrogens is 304 g/mol. The van der Waals surface area contributed by atoms with Crippen LogP contribution in [-0.2, 0) is 0 Å². The van der Waals surface area contributed by atoms with E-state index in [2.05, 4.69) is 10.6 Å². The smallest absolute Gasteiger partial charge is 0.159 e. The van der Waals surface area contributed by atoms with E-state index in [0.717, 1.165) is 0 Å². The molecule has 8 N–H and O–H groups in total. The first-order valence-electron chi connectivity index (χ1n) is 7.33. The number of nitrogens with two attached hydrogens (primary N) is 2. The molecule has 3 aromatic carbocycles. The highest BCUT2D eigenvalue weighted by Crippen LogP contribution is 2.39. The number of benzene rings is 3. The minimum Gasteiger partial charge on any atom is -0.504 e. The molecule has 0 aliphatic rings. The normalized spacial score (nSPS) is 10.3. The van der Waals surface area contributed by atoms with Crippen molar-refractivity contribution < 1.29 is 10.2 Å². The van der Waals surface area contributed by atoms with E-state index in [4.69, 9.17) is 11.5 Å². The molecule has 122 valence electrons. The van der Waals surface area contributed by atoms with Crippen LogP contribution in [0.5, 0.6) is 11.5 Å². The van der Waals surface area contributed by atoms with Gasteiger partial charge in [-0.25, -0.2) is 0 Å². The molecule has 0 aliphatic carbocycles. The molecule has 0 saturated carbocycles. The predicted molar refractivity (Wildman–Crippen MR) is 98.0 cm³/mol. The number of nitrogens with one attached hydrogen (secondary N) is 2. The van der Waals surface area contributed by atoms with Gasteiger partial charge < -0.3 is 32.3 Å². The van der Waals surface area contributed by atoms with Crippen molar-refractivity contribution in [1.82, 2.24) is 0 Å². The summed E-state index contributed by atoms with van der Waals surface area (Å²) >= 11 is 0. The zero-order valence-corrected chi connectivity index (χ0v) is 12.8. The van der Waals surface area contributed by atoms with Crippen LogP contribution in [0, 0.1) is 0 Å². The number of nitrogen functional groups attached to an aromatic ring is 2. The summed E-state index contributed by atoms with van der Waals surface area (Å²) in [7, 11) is 0. The summed E-state index contributed by atoms with van der Waals surface area (Å²) in [6.45, 7) is 0. The van der Waals surface area contributed by atoms with Crippen molar-refractivity contribution in [3.8, 4) is 11.5 Å². The number of phenols is 2. The molecule has 0 saturated heterocycles. The van der Waals surface area contributed by atoms with E-state index in [-0.39, 0.29) is 11.5 Å². The highest BCUT2D eigenvalue weighted by Gasteiger charge is 2.11. The van der Waals surface area contributed by atoms with E-state index in [0.29, 0.717) is 34.1 Å². The van der Waals surface area contributed by atoms with Crippen molar-refractivity contribution in [3.63, 3.8) is 0 Å². The third kappa shape index (κ3) is 3.12. The maximum atomic E-state index is 9.82. The molecule has 0 aliphatic heterocycles. The molecule has 0 aromatic heterocycles. The van der Waals surface area contributed by atoms with Gasteiger partial charge in [0.15, 0.2) is 11.5 Å². The Morgan fingerprint density at radius 1 is 0.583 bits per heavy atom. The van der Waals surface area contributed by atoms with Crippen molar-refractivity contribution in [2.24, 2.45) is 0 Å². The molecule has 0 unspecified atom stereocenters. The van der Waals surface area contributed by atoms with Crippen LogP contribution in [0.2, 0.25) is 0 Å². The number of phenolic OH excluding ortho intramolecular Hbond substituents is 2. The van der Waals surface area contributed by atoms with Crippen LogP contribution >= 0.6 is 0 Å². The standard InChI is InChI=1S/C18H18N4O2/c19-11-5-1-3-7-13(11)21-15-9-17(23)18(24)10-16(15)22-14-8-4-2-6-12(14)20/h1-10,21-24H,19-20H2. The largest absolute Gasteiger partial charge is 0.504 e.